The Morgan fingerprint density at radius 2 is 1.52 bits per heavy atom. The number of nitrogens with zero attached hydrogens (tertiary/aromatic N) is 6. The predicted octanol–water partition coefficient (Wildman–Crippen LogP) is 6.25. The maximum absolute atomic E-state index is 12.9. The number of fused-ring (bicyclic) bond motifs is 1. The third-order valence-corrected chi connectivity index (χ3v) is 10.3. The van der Waals surface area contributed by atoms with E-state index in [2.05, 4.69) is 56.6 Å². The number of amides is 1. The number of anilines is 1. The van der Waals surface area contributed by atoms with Gasteiger partial charge in [-0.2, -0.15) is 9.97 Å². The number of hydrogen-bond donors (Lipinski definition) is 3. The molecule has 0 saturated carbocycles. The zero-order valence-electron chi connectivity index (χ0n) is 31.7. The molecule has 3 heterocycles. The van der Waals surface area contributed by atoms with Gasteiger partial charge in [0.05, 0.1) is 36.1 Å². The molecule has 17 heteroatoms. The number of nitro groups is 1. The molecule has 4 aromatic carbocycles. The van der Waals surface area contributed by atoms with E-state index in [1.54, 1.807) is 30.5 Å². The summed E-state index contributed by atoms with van der Waals surface area (Å²) in [4.78, 5) is 59.2. The van der Waals surface area contributed by atoms with Crippen LogP contribution in [0.1, 0.15) is 42.3 Å². The number of morpholine rings is 1. The van der Waals surface area contributed by atoms with Crippen LogP contribution in [0, 0.1) is 16.0 Å². The standard InChI is InChI=1S/C41H42N7O9P/c1-28(2)38(49)44-40-43-37-36(39(45-40)55-23-22-29-18-20-33(21-19-29)48(50)51)42-27-47(37)35-25-46(24-34(57-35)26-56-58(52,53)54)41(30-12-6-3-7-13-30,31-14-8-4-9-15-31)32-16-10-5-11-17-32/h3-21,27-28,34-35H,22-26H2,1-2H3,(H2,52,53,54)(H,43,44,45,49)/t34-,35+/m0/s1. The summed E-state index contributed by atoms with van der Waals surface area (Å²) < 4.78 is 31.6. The summed E-state index contributed by atoms with van der Waals surface area (Å²) in [6.45, 7) is 3.59. The molecule has 300 valence electrons. The first-order chi connectivity index (χ1) is 27.9. The van der Waals surface area contributed by atoms with E-state index in [1.807, 2.05) is 54.6 Å². The number of non-ortho nitro benzene ring substituents is 1. The van der Waals surface area contributed by atoms with Crippen molar-refractivity contribution in [1.29, 1.82) is 0 Å². The number of aromatic nitrogens is 4. The second kappa shape index (κ2) is 17.3. The number of rotatable bonds is 15. The quantitative estimate of drug-likeness (QED) is 0.0455. The molecule has 1 aliphatic rings. The Morgan fingerprint density at radius 3 is 2.05 bits per heavy atom. The van der Waals surface area contributed by atoms with Crippen molar-refractivity contribution >= 4 is 36.5 Å². The second-order valence-corrected chi connectivity index (χ2v) is 15.3. The minimum absolute atomic E-state index is 0.0224. The molecule has 1 saturated heterocycles. The van der Waals surface area contributed by atoms with Crippen LogP contribution in [0.15, 0.2) is 122 Å². The number of carbonyl (C=O) groups is 1. The SMILES string of the molecule is CC(C)C(=O)Nc1nc(OCCc2ccc([N+](=O)[O-])cc2)c2ncn([C@H]3CN(C(c4ccccc4)(c4ccccc4)c4ccccc4)C[C@@H](COP(=O)(O)O)O3)c2n1. The van der Waals surface area contributed by atoms with Gasteiger partial charge in [0.25, 0.3) is 5.69 Å². The lowest BCUT2D eigenvalue weighted by molar-refractivity contribution is -0.384. The summed E-state index contributed by atoms with van der Waals surface area (Å²) in [7, 11) is -4.89. The zero-order valence-corrected chi connectivity index (χ0v) is 32.6. The Kier molecular flexibility index (Phi) is 12.0. The Morgan fingerprint density at radius 1 is 0.931 bits per heavy atom. The molecule has 7 rings (SSSR count). The summed E-state index contributed by atoms with van der Waals surface area (Å²) in [5.41, 5.74) is 3.23. The number of phosphoric ester groups is 1. The molecular formula is C41H42N7O9P. The van der Waals surface area contributed by atoms with Crippen molar-refractivity contribution in [3.05, 3.63) is 154 Å². The summed E-state index contributed by atoms with van der Waals surface area (Å²) in [6.07, 6.45) is 0.191. The van der Waals surface area contributed by atoms with Crippen molar-refractivity contribution in [2.24, 2.45) is 5.92 Å². The van der Waals surface area contributed by atoms with Crippen LogP contribution in [-0.4, -0.2) is 77.4 Å². The van der Waals surface area contributed by atoms with E-state index >= 15 is 0 Å². The maximum Gasteiger partial charge on any atom is 0.469 e. The van der Waals surface area contributed by atoms with E-state index in [1.165, 1.54) is 18.5 Å². The molecule has 0 bridgehead atoms. The Hall–Kier alpha value is -5.87. The molecule has 6 aromatic rings. The average Bonchev–Trinajstić information content (AvgIpc) is 3.66. The first-order valence-corrected chi connectivity index (χ1v) is 20.1. The lowest BCUT2D eigenvalue weighted by Gasteiger charge is -2.50. The summed E-state index contributed by atoms with van der Waals surface area (Å²) in [5.74, 6) is -0.649. The van der Waals surface area contributed by atoms with Gasteiger partial charge in [-0.05, 0) is 22.3 Å². The van der Waals surface area contributed by atoms with E-state index in [0.29, 0.717) is 6.42 Å². The number of nitro benzene ring substituents is 1. The van der Waals surface area contributed by atoms with Crippen LogP contribution >= 0.6 is 7.82 Å². The lowest BCUT2D eigenvalue weighted by Crippen LogP contribution is -2.57. The largest absolute Gasteiger partial charge is 0.476 e. The summed E-state index contributed by atoms with van der Waals surface area (Å²) >= 11 is 0. The fourth-order valence-corrected chi connectivity index (χ4v) is 7.53. The first kappa shape index (κ1) is 40.3. The number of hydrogen-bond acceptors (Lipinski definition) is 11. The van der Waals surface area contributed by atoms with Crippen molar-refractivity contribution in [3.63, 3.8) is 0 Å². The molecule has 16 nitrogen and oxygen atoms in total. The highest BCUT2D eigenvalue weighted by atomic mass is 31.2. The minimum Gasteiger partial charge on any atom is -0.476 e. The van der Waals surface area contributed by atoms with Crippen LogP contribution < -0.4 is 10.1 Å². The van der Waals surface area contributed by atoms with Gasteiger partial charge in [-0.1, -0.05) is 117 Å². The van der Waals surface area contributed by atoms with Crippen molar-refractivity contribution in [1.82, 2.24) is 24.4 Å². The molecule has 1 aliphatic heterocycles. The fraction of sp³-hybridized carbons (Fsp3) is 0.268. The molecule has 3 N–H and O–H groups in total. The molecule has 1 amide bonds. The van der Waals surface area contributed by atoms with Gasteiger partial charge in [0, 0.05) is 37.6 Å². The summed E-state index contributed by atoms with van der Waals surface area (Å²) in [5, 5.41) is 13.9. The third-order valence-electron chi connectivity index (χ3n) is 9.86. The van der Waals surface area contributed by atoms with E-state index < -0.39 is 37.2 Å². The van der Waals surface area contributed by atoms with Crippen LogP contribution in [0.2, 0.25) is 0 Å². The van der Waals surface area contributed by atoms with Gasteiger partial charge in [-0.3, -0.25) is 34.2 Å². The smallest absolute Gasteiger partial charge is 0.469 e. The fourth-order valence-electron chi connectivity index (χ4n) is 7.16. The molecule has 58 heavy (non-hydrogen) atoms. The minimum atomic E-state index is -4.89. The number of imidazole rings is 1. The Balaban J connectivity index is 1.32. The topological polar surface area (TPSA) is 204 Å². The molecule has 1 fully saturated rings. The van der Waals surface area contributed by atoms with Gasteiger partial charge in [0.15, 0.2) is 11.2 Å². The van der Waals surface area contributed by atoms with Crippen LogP contribution in [0.3, 0.4) is 0 Å². The zero-order chi connectivity index (χ0) is 40.9. The van der Waals surface area contributed by atoms with Crippen molar-refractivity contribution < 1.29 is 38.1 Å². The van der Waals surface area contributed by atoms with Crippen LogP contribution in [-0.2, 0) is 30.6 Å². The van der Waals surface area contributed by atoms with E-state index in [0.717, 1.165) is 22.3 Å². The van der Waals surface area contributed by atoms with Gasteiger partial charge < -0.3 is 19.3 Å². The van der Waals surface area contributed by atoms with E-state index in [4.69, 9.17) is 19.0 Å². The van der Waals surface area contributed by atoms with Gasteiger partial charge >= 0.3 is 7.82 Å². The Bertz CT molecular complexity index is 2300. The molecule has 2 aromatic heterocycles. The number of phosphoric acid groups is 1. The molecule has 0 radical (unpaired) electrons. The highest BCUT2D eigenvalue weighted by molar-refractivity contribution is 7.46. The van der Waals surface area contributed by atoms with Crippen LogP contribution in [0.5, 0.6) is 5.88 Å². The monoisotopic (exact) mass is 807 g/mol. The highest BCUT2D eigenvalue weighted by Gasteiger charge is 2.47. The van der Waals surface area contributed by atoms with Crippen molar-refractivity contribution in [2.45, 2.75) is 38.1 Å². The molecule has 0 spiro atoms. The van der Waals surface area contributed by atoms with E-state index in [-0.39, 0.29) is 60.2 Å². The van der Waals surface area contributed by atoms with Gasteiger partial charge in [-0.25, -0.2) is 9.55 Å². The molecule has 0 unspecified atom stereocenters. The normalized spacial score (nSPS) is 16.4. The average molecular weight is 808 g/mol. The molecule has 0 aliphatic carbocycles. The van der Waals surface area contributed by atoms with Crippen molar-refractivity contribution in [3.8, 4) is 5.88 Å². The number of nitrogens with one attached hydrogen (secondary N) is 1. The first-order valence-electron chi connectivity index (χ1n) is 18.6. The predicted molar refractivity (Wildman–Crippen MR) is 214 cm³/mol. The number of ether oxygens (including phenoxy) is 2. The number of benzene rings is 4. The van der Waals surface area contributed by atoms with E-state index in [9.17, 15) is 29.3 Å². The maximum atomic E-state index is 12.9. The number of carbonyl (C=O) groups excluding carboxylic acids is 1. The molecular weight excluding hydrogens is 765 g/mol. The van der Waals surface area contributed by atoms with Crippen LogP contribution in [0.25, 0.3) is 11.2 Å². The van der Waals surface area contributed by atoms with Gasteiger partial charge in [-0.15, -0.1) is 0 Å². The van der Waals surface area contributed by atoms with Gasteiger partial charge in [0.2, 0.25) is 17.7 Å². The lowest BCUT2D eigenvalue weighted by atomic mass is 9.75. The van der Waals surface area contributed by atoms with Crippen molar-refractivity contribution in [2.75, 3.05) is 31.6 Å². The third kappa shape index (κ3) is 8.82. The summed E-state index contributed by atoms with van der Waals surface area (Å²) in [6, 6.07) is 36.1. The van der Waals surface area contributed by atoms with Crippen LogP contribution in [0.4, 0.5) is 11.6 Å². The second-order valence-electron chi connectivity index (χ2n) is 14.1. The molecule has 2 atom stereocenters. The Labute approximate surface area is 333 Å². The van der Waals surface area contributed by atoms with Gasteiger partial charge in [0.1, 0.15) is 6.23 Å². The highest BCUT2D eigenvalue weighted by Crippen LogP contribution is 2.45.